The highest BCUT2D eigenvalue weighted by Gasteiger charge is 2.39. The van der Waals surface area contributed by atoms with E-state index in [1.165, 1.54) is 12.5 Å². The lowest BCUT2D eigenvalue weighted by molar-refractivity contribution is -0.140. The summed E-state index contributed by atoms with van der Waals surface area (Å²) in [5.41, 5.74) is 5.12. The fraction of sp³-hybridized carbons (Fsp3) is 0.529. The van der Waals surface area contributed by atoms with Gasteiger partial charge < -0.3 is 4.74 Å². The van der Waals surface area contributed by atoms with Crippen LogP contribution in [0.2, 0.25) is 0 Å². The number of rotatable bonds is 3. The van der Waals surface area contributed by atoms with E-state index in [4.69, 9.17) is 4.74 Å². The van der Waals surface area contributed by atoms with Gasteiger partial charge in [0.1, 0.15) is 0 Å². The molecular formula is C17H22O3. The second kappa shape index (κ2) is 5.04. The van der Waals surface area contributed by atoms with Gasteiger partial charge in [0.25, 0.3) is 0 Å². The lowest BCUT2D eigenvalue weighted by Crippen LogP contribution is -2.19. The Balaban J connectivity index is 2.36. The number of hydrogen-bond acceptors (Lipinski definition) is 3. The van der Waals surface area contributed by atoms with E-state index in [2.05, 4.69) is 13.0 Å². The number of carbonyl (C=O) groups is 2. The van der Waals surface area contributed by atoms with Gasteiger partial charge in [-0.25, -0.2) is 0 Å². The average Bonchev–Trinajstić information content (AvgIpc) is 2.53. The number of ketones is 1. The van der Waals surface area contributed by atoms with Crippen LogP contribution in [0, 0.1) is 19.3 Å². The Morgan fingerprint density at radius 3 is 2.60 bits per heavy atom. The van der Waals surface area contributed by atoms with Crippen LogP contribution < -0.4 is 0 Å². The molecule has 108 valence electrons. The first kappa shape index (κ1) is 14.8. The van der Waals surface area contributed by atoms with Crippen LogP contribution in [0.5, 0.6) is 0 Å². The normalized spacial score (nSPS) is 16.1. The highest BCUT2D eigenvalue weighted by molar-refractivity contribution is 6.06. The van der Waals surface area contributed by atoms with Crippen molar-refractivity contribution in [2.75, 3.05) is 6.61 Å². The summed E-state index contributed by atoms with van der Waals surface area (Å²) in [5, 5.41) is 0. The van der Waals surface area contributed by atoms with E-state index >= 15 is 0 Å². The van der Waals surface area contributed by atoms with Crippen LogP contribution in [-0.2, 0) is 22.4 Å². The monoisotopic (exact) mass is 274 g/mol. The van der Waals surface area contributed by atoms with Crippen LogP contribution >= 0.6 is 0 Å². The molecule has 1 aromatic carbocycles. The number of benzene rings is 1. The average molecular weight is 274 g/mol. The van der Waals surface area contributed by atoms with E-state index < -0.39 is 0 Å². The molecule has 0 bridgehead atoms. The summed E-state index contributed by atoms with van der Waals surface area (Å²) >= 11 is 0. The van der Waals surface area contributed by atoms with Crippen LogP contribution in [0.1, 0.15) is 53.4 Å². The van der Waals surface area contributed by atoms with Gasteiger partial charge in [-0.3, -0.25) is 9.59 Å². The van der Waals surface area contributed by atoms with E-state index in [0.717, 1.165) is 28.7 Å². The van der Waals surface area contributed by atoms with E-state index in [1.54, 1.807) is 0 Å². The van der Waals surface area contributed by atoms with Crippen molar-refractivity contribution in [2.24, 2.45) is 5.41 Å². The number of ether oxygens (including phenoxy) is 1. The highest BCUT2D eigenvalue weighted by Crippen LogP contribution is 2.39. The Hall–Kier alpha value is -1.64. The van der Waals surface area contributed by atoms with Crippen LogP contribution in [0.25, 0.3) is 0 Å². The van der Waals surface area contributed by atoms with Gasteiger partial charge in [-0.1, -0.05) is 19.9 Å². The molecule has 0 aliphatic heterocycles. The molecule has 0 heterocycles. The summed E-state index contributed by atoms with van der Waals surface area (Å²) in [6.07, 6.45) is 1.48. The first-order valence-electron chi connectivity index (χ1n) is 7.04. The van der Waals surface area contributed by atoms with E-state index in [1.807, 2.05) is 20.8 Å². The summed E-state index contributed by atoms with van der Waals surface area (Å²) < 4.78 is 5.02. The predicted molar refractivity (Wildman–Crippen MR) is 78.1 cm³/mol. The van der Waals surface area contributed by atoms with Crippen molar-refractivity contribution in [3.8, 4) is 0 Å². The van der Waals surface area contributed by atoms with Gasteiger partial charge >= 0.3 is 5.97 Å². The lowest BCUT2D eigenvalue weighted by Gasteiger charge is -2.15. The minimum Gasteiger partial charge on any atom is -0.466 e. The standard InChI is InChI=1S/C17H22O3/c1-10-8-13-9-17(4,5)16(19)15(13)11(2)14(10)6-7-20-12(3)18/h8H,6-7,9H2,1-5H3. The molecule has 3 nitrogen and oxygen atoms in total. The zero-order chi connectivity index (χ0) is 15.1. The Morgan fingerprint density at radius 2 is 2.00 bits per heavy atom. The molecule has 0 radical (unpaired) electrons. The number of aryl methyl sites for hydroxylation is 1. The van der Waals surface area contributed by atoms with E-state index in [9.17, 15) is 9.59 Å². The summed E-state index contributed by atoms with van der Waals surface area (Å²) in [6.45, 7) is 9.85. The second-order valence-corrected chi connectivity index (χ2v) is 6.31. The molecule has 0 fully saturated rings. The van der Waals surface area contributed by atoms with Crippen LogP contribution in [0.4, 0.5) is 0 Å². The molecule has 20 heavy (non-hydrogen) atoms. The zero-order valence-electron chi connectivity index (χ0n) is 12.9. The molecular weight excluding hydrogens is 252 g/mol. The molecule has 1 aromatic rings. The van der Waals surface area contributed by atoms with Crippen LogP contribution in [0.3, 0.4) is 0 Å². The molecule has 1 aliphatic rings. The minimum absolute atomic E-state index is 0.235. The van der Waals surface area contributed by atoms with Gasteiger partial charge in [-0.05, 0) is 42.5 Å². The molecule has 0 N–H and O–H groups in total. The Labute approximate surface area is 120 Å². The first-order valence-corrected chi connectivity index (χ1v) is 7.04. The van der Waals surface area contributed by atoms with Crippen molar-refractivity contribution in [3.05, 3.63) is 33.9 Å². The Kier molecular flexibility index (Phi) is 3.72. The van der Waals surface area contributed by atoms with Gasteiger partial charge in [-0.2, -0.15) is 0 Å². The molecule has 0 saturated carbocycles. The third-order valence-electron chi connectivity index (χ3n) is 4.15. The second-order valence-electron chi connectivity index (χ2n) is 6.31. The number of fused-ring (bicyclic) bond motifs is 1. The van der Waals surface area contributed by atoms with Crippen LogP contribution in [-0.4, -0.2) is 18.4 Å². The summed E-state index contributed by atoms with van der Waals surface area (Å²) in [6, 6.07) is 2.12. The molecule has 3 heteroatoms. The van der Waals surface area contributed by atoms with Crippen molar-refractivity contribution >= 4 is 11.8 Å². The maximum absolute atomic E-state index is 12.5. The third-order valence-corrected chi connectivity index (χ3v) is 4.15. The Bertz CT molecular complexity index is 582. The van der Waals surface area contributed by atoms with Gasteiger partial charge in [0, 0.05) is 24.3 Å². The summed E-state index contributed by atoms with van der Waals surface area (Å²) in [5.74, 6) is -0.0302. The molecule has 2 rings (SSSR count). The fourth-order valence-corrected chi connectivity index (χ4v) is 3.14. The van der Waals surface area contributed by atoms with Crippen molar-refractivity contribution < 1.29 is 14.3 Å². The molecule has 0 aromatic heterocycles. The smallest absolute Gasteiger partial charge is 0.302 e. The molecule has 0 saturated heterocycles. The number of hydrogen-bond donors (Lipinski definition) is 0. The summed E-state index contributed by atoms with van der Waals surface area (Å²) in [4.78, 5) is 23.4. The molecule has 1 aliphatic carbocycles. The predicted octanol–water partition coefficient (Wildman–Crippen LogP) is 3.17. The molecule has 0 spiro atoms. The van der Waals surface area contributed by atoms with Crippen molar-refractivity contribution in [1.29, 1.82) is 0 Å². The third kappa shape index (κ3) is 2.49. The van der Waals surface area contributed by atoms with E-state index in [-0.39, 0.29) is 17.2 Å². The molecule has 0 amide bonds. The first-order chi connectivity index (χ1) is 9.24. The molecule has 0 unspecified atom stereocenters. The van der Waals surface area contributed by atoms with Gasteiger partial charge in [0.15, 0.2) is 5.78 Å². The molecule has 0 atom stereocenters. The number of esters is 1. The maximum atomic E-state index is 12.5. The maximum Gasteiger partial charge on any atom is 0.302 e. The fourth-order valence-electron chi connectivity index (χ4n) is 3.14. The van der Waals surface area contributed by atoms with Crippen molar-refractivity contribution in [1.82, 2.24) is 0 Å². The van der Waals surface area contributed by atoms with E-state index in [0.29, 0.717) is 13.0 Å². The zero-order valence-corrected chi connectivity index (χ0v) is 12.9. The van der Waals surface area contributed by atoms with Crippen molar-refractivity contribution in [2.45, 2.75) is 47.5 Å². The SMILES string of the molecule is CC(=O)OCCc1c(C)cc2c(c1C)C(=O)C(C)(C)C2. The lowest BCUT2D eigenvalue weighted by atomic mass is 9.88. The Morgan fingerprint density at radius 1 is 1.35 bits per heavy atom. The minimum atomic E-state index is -0.298. The van der Waals surface area contributed by atoms with Crippen LogP contribution in [0.15, 0.2) is 6.07 Å². The topological polar surface area (TPSA) is 43.4 Å². The quantitative estimate of drug-likeness (QED) is 0.795. The van der Waals surface area contributed by atoms with Gasteiger partial charge in [0.05, 0.1) is 6.61 Å². The van der Waals surface area contributed by atoms with Gasteiger partial charge in [-0.15, -0.1) is 0 Å². The van der Waals surface area contributed by atoms with Crippen molar-refractivity contribution in [3.63, 3.8) is 0 Å². The highest BCUT2D eigenvalue weighted by atomic mass is 16.5. The number of Topliss-reactive ketones (excluding diaryl/α,β-unsaturated/α-hetero) is 1. The number of carbonyl (C=O) groups excluding carboxylic acids is 2. The van der Waals surface area contributed by atoms with Gasteiger partial charge in [0.2, 0.25) is 0 Å². The summed E-state index contributed by atoms with van der Waals surface area (Å²) in [7, 11) is 0. The largest absolute Gasteiger partial charge is 0.466 e.